The van der Waals surface area contributed by atoms with Crippen LogP contribution in [-0.2, 0) is 10.8 Å². The van der Waals surface area contributed by atoms with Gasteiger partial charge in [-0.2, -0.15) is 0 Å². The number of nitrogens with one attached hydrogen (secondary N) is 1. The van der Waals surface area contributed by atoms with Crippen LogP contribution in [0.1, 0.15) is 23.2 Å². The van der Waals surface area contributed by atoms with Crippen LogP contribution in [0.3, 0.4) is 0 Å². The smallest absolute Gasteiger partial charge is 0.335 e. The average molecular weight is 283 g/mol. The second-order valence-electron chi connectivity index (χ2n) is 4.49. The van der Waals surface area contributed by atoms with E-state index < -0.39 is 16.8 Å². The highest BCUT2D eigenvalue weighted by atomic mass is 32.2. The number of carboxylic acid groups (broad SMARTS) is 1. The zero-order valence-corrected chi connectivity index (χ0v) is 11.5. The van der Waals surface area contributed by atoms with Gasteiger partial charge in [0.05, 0.1) is 18.4 Å². The summed E-state index contributed by atoms with van der Waals surface area (Å²) in [7, 11) is 0.849. The molecule has 6 heteroatoms. The van der Waals surface area contributed by atoms with Gasteiger partial charge in [-0.1, -0.05) is 0 Å². The second-order valence-corrected chi connectivity index (χ2v) is 6.18. The molecule has 1 saturated heterocycles. The van der Waals surface area contributed by atoms with E-state index in [1.807, 2.05) is 0 Å². The molecule has 0 atom stereocenters. The van der Waals surface area contributed by atoms with Crippen molar-refractivity contribution >= 4 is 22.5 Å². The SMILES string of the molecule is COc1ccc(C(=O)O)cc1NC1CCS(=O)CC1. The minimum Gasteiger partial charge on any atom is -0.495 e. The molecule has 1 fully saturated rings. The third kappa shape index (κ3) is 3.47. The van der Waals surface area contributed by atoms with Crippen LogP contribution in [0, 0.1) is 0 Å². The van der Waals surface area contributed by atoms with Crippen molar-refractivity contribution in [3.05, 3.63) is 23.8 Å². The fourth-order valence-corrected chi connectivity index (χ4v) is 3.41. The summed E-state index contributed by atoms with van der Waals surface area (Å²) in [5, 5.41) is 12.3. The zero-order valence-electron chi connectivity index (χ0n) is 10.7. The normalized spacial score (nSPS) is 22.8. The number of carbonyl (C=O) groups is 1. The number of hydrogen-bond acceptors (Lipinski definition) is 4. The average Bonchev–Trinajstić information content (AvgIpc) is 2.41. The number of methoxy groups -OCH3 is 1. The van der Waals surface area contributed by atoms with Crippen LogP contribution in [0.15, 0.2) is 18.2 Å². The first-order valence-corrected chi connectivity index (χ1v) is 7.62. The summed E-state index contributed by atoms with van der Waals surface area (Å²) in [6, 6.07) is 4.96. The van der Waals surface area contributed by atoms with Crippen molar-refractivity contribution in [1.29, 1.82) is 0 Å². The fourth-order valence-electron chi connectivity index (χ4n) is 2.11. The number of anilines is 1. The minimum atomic E-state index is -0.963. The molecule has 2 N–H and O–H groups in total. The molecule has 0 spiro atoms. The van der Waals surface area contributed by atoms with Crippen LogP contribution >= 0.6 is 0 Å². The van der Waals surface area contributed by atoms with E-state index in [-0.39, 0.29) is 11.6 Å². The van der Waals surface area contributed by atoms with E-state index in [0.29, 0.717) is 22.9 Å². The van der Waals surface area contributed by atoms with E-state index in [1.54, 1.807) is 19.2 Å². The largest absolute Gasteiger partial charge is 0.495 e. The van der Waals surface area contributed by atoms with Gasteiger partial charge in [-0.25, -0.2) is 4.79 Å². The van der Waals surface area contributed by atoms with Crippen LogP contribution in [-0.4, -0.2) is 39.9 Å². The van der Waals surface area contributed by atoms with Crippen LogP contribution < -0.4 is 10.1 Å². The number of carboxylic acids is 1. The molecule has 0 aliphatic carbocycles. The van der Waals surface area contributed by atoms with Gasteiger partial charge in [0.1, 0.15) is 5.75 Å². The second kappa shape index (κ2) is 6.06. The maximum absolute atomic E-state index is 11.3. The number of rotatable bonds is 4. The molecule has 1 heterocycles. The molecular formula is C13H17NO4S. The van der Waals surface area contributed by atoms with Gasteiger partial charge in [-0.15, -0.1) is 0 Å². The Morgan fingerprint density at radius 2 is 2.11 bits per heavy atom. The molecule has 0 radical (unpaired) electrons. The molecule has 1 aliphatic rings. The lowest BCUT2D eigenvalue weighted by molar-refractivity contribution is 0.0697. The highest BCUT2D eigenvalue weighted by Gasteiger charge is 2.19. The lowest BCUT2D eigenvalue weighted by atomic mass is 10.1. The Balaban J connectivity index is 2.15. The van der Waals surface area contributed by atoms with Crippen LogP contribution in [0.5, 0.6) is 5.75 Å². The van der Waals surface area contributed by atoms with Crippen LogP contribution in [0.4, 0.5) is 5.69 Å². The highest BCUT2D eigenvalue weighted by Crippen LogP contribution is 2.28. The van der Waals surface area contributed by atoms with Crippen molar-refractivity contribution in [2.45, 2.75) is 18.9 Å². The summed E-state index contributed by atoms with van der Waals surface area (Å²) in [4.78, 5) is 11.0. The Hall–Kier alpha value is -1.56. The van der Waals surface area contributed by atoms with Gasteiger partial charge in [0.25, 0.3) is 0 Å². The molecule has 0 bridgehead atoms. The highest BCUT2D eigenvalue weighted by molar-refractivity contribution is 7.85. The Labute approximate surface area is 114 Å². The molecular weight excluding hydrogens is 266 g/mol. The molecule has 5 nitrogen and oxygen atoms in total. The molecule has 1 aromatic rings. The molecule has 19 heavy (non-hydrogen) atoms. The predicted octanol–water partition coefficient (Wildman–Crippen LogP) is 1.72. The summed E-state index contributed by atoms with van der Waals surface area (Å²) in [6.45, 7) is 0. The van der Waals surface area contributed by atoms with Crippen LogP contribution in [0.25, 0.3) is 0 Å². The van der Waals surface area contributed by atoms with E-state index in [1.165, 1.54) is 6.07 Å². The Kier molecular flexibility index (Phi) is 4.42. The summed E-state index contributed by atoms with van der Waals surface area (Å²) in [6.07, 6.45) is 1.65. The molecule has 0 amide bonds. The monoisotopic (exact) mass is 283 g/mol. The van der Waals surface area contributed by atoms with Crippen molar-refractivity contribution in [3.8, 4) is 5.75 Å². The third-order valence-corrected chi connectivity index (χ3v) is 4.58. The Morgan fingerprint density at radius 3 is 2.68 bits per heavy atom. The molecule has 0 saturated carbocycles. The van der Waals surface area contributed by atoms with E-state index in [4.69, 9.17) is 9.84 Å². The fraction of sp³-hybridized carbons (Fsp3) is 0.462. The number of aromatic carboxylic acids is 1. The first-order valence-electron chi connectivity index (χ1n) is 6.13. The van der Waals surface area contributed by atoms with Gasteiger partial charge in [0.2, 0.25) is 0 Å². The van der Waals surface area contributed by atoms with Crippen LogP contribution in [0.2, 0.25) is 0 Å². The number of ether oxygens (including phenoxy) is 1. The van der Waals surface area contributed by atoms with Gasteiger partial charge in [0.15, 0.2) is 0 Å². The summed E-state index contributed by atoms with van der Waals surface area (Å²) >= 11 is 0. The Bertz CT molecular complexity index is 493. The lowest BCUT2D eigenvalue weighted by Crippen LogP contribution is -2.29. The number of benzene rings is 1. The first kappa shape index (κ1) is 13.9. The molecule has 0 unspecified atom stereocenters. The quantitative estimate of drug-likeness (QED) is 0.880. The molecule has 1 aliphatic heterocycles. The molecule has 0 aromatic heterocycles. The van der Waals surface area contributed by atoms with Gasteiger partial charge in [0, 0.05) is 28.3 Å². The van der Waals surface area contributed by atoms with Crippen molar-refractivity contribution in [2.75, 3.05) is 23.9 Å². The van der Waals surface area contributed by atoms with Crippen molar-refractivity contribution < 1.29 is 18.8 Å². The summed E-state index contributed by atoms with van der Waals surface area (Å²) in [5.74, 6) is 1.05. The molecule has 2 rings (SSSR count). The van der Waals surface area contributed by atoms with E-state index in [2.05, 4.69) is 5.32 Å². The molecule has 1 aromatic carbocycles. The number of hydrogen-bond donors (Lipinski definition) is 2. The maximum Gasteiger partial charge on any atom is 0.335 e. The third-order valence-electron chi connectivity index (χ3n) is 3.19. The maximum atomic E-state index is 11.3. The lowest BCUT2D eigenvalue weighted by Gasteiger charge is -2.24. The van der Waals surface area contributed by atoms with E-state index in [0.717, 1.165) is 12.8 Å². The van der Waals surface area contributed by atoms with Crippen molar-refractivity contribution in [3.63, 3.8) is 0 Å². The standard InChI is InChI=1S/C13H17NO4S/c1-18-12-3-2-9(13(15)16)8-11(12)14-10-4-6-19(17)7-5-10/h2-3,8,10,14H,4-7H2,1H3,(H,15,16). The zero-order chi connectivity index (χ0) is 13.8. The molecule has 104 valence electrons. The topological polar surface area (TPSA) is 75.6 Å². The Morgan fingerprint density at radius 1 is 1.42 bits per heavy atom. The van der Waals surface area contributed by atoms with Crippen molar-refractivity contribution in [2.24, 2.45) is 0 Å². The summed E-state index contributed by atoms with van der Waals surface area (Å²) < 4.78 is 16.5. The van der Waals surface area contributed by atoms with Crippen molar-refractivity contribution in [1.82, 2.24) is 0 Å². The van der Waals surface area contributed by atoms with Gasteiger partial charge in [-0.3, -0.25) is 4.21 Å². The van der Waals surface area contributed by atoms with Gasteiger partial charge < -0.3 is 15.2 Å². The van der Waals surface area contributed by atoms with E-state index in [9.17, 15) is 9.00 Å². The van der Waals surface area contributed by atoms with E-state index >= 15 is 0 Å². The van der Waals surface area contributed by atoms with Gasteiger partial charge in [-0.05, 0) is 31.0 Å². The van der Waals surface area contributed by atoms with Gasteiger partial charge >= 0.3 is 5.97 Å². The minimum absolute atomic E-state index is 0.218. The predicted molar refractivity (Wildman–Crippen MR) is 74.5 cm³/mol. The first-order chi connectivity index (χ1) is 9.10. The summed E-state index contributed by atoms with van der Waals surface area (Å²) in [5.41, 5.74) is 0.905.